The topological polar surface area (TPSA) is 64.4 Å². The van der Waals surface area contributed by atoms with Gasteiger partial charge in [0.15, 0.2) is 0 Å². The van der Waals surface area contributed by atoms with Crippen LogP contribution in [0.5, 0.6) is 0 Å². The summed E-state index contributed by atoms with van der Waals surface area (Å²) in [4.78, 5) is 2.14. The molecule has 0 bridgehead atoms. The Balaban J connectivity index is 1.91. The van der Waals surface area contributed by atoms with Crippen LogP contribution in [-0.4, -0.2) is 50.3 Å². The lowest BCUT2D eigenvalue weighted by Gasteiger charge is -2.33. The first-order valence-corrected chi connectivity index (χ1v) is 8.34. The molecule has 1 aliphatic rings. The second-order valence-corrected chi connectivity index (χ2v) is 6.86. The lowest BCUT2D eigenvalue weighted by molar-refractivity contribution is 0.191. The molecule has 5 nitrogen and oxygen atoms in total. The van der Waals surface area contributed by atoms with Gasteiger partial charge in [-0.3, -0.25) is 4.90 Å². The van der Waals surface area contributed by atoms with E-state index < -0.39 is 10.0 Å². The Hall–Kier alpha value is -1.42. The fourth-order valence-electron chi connectivity index (χ4n) is 2.32. The van der Waals surface area contributed by atoms with Crippen LogP contribution in [0.2, 0.25) is 0 Å². The zero-order valence-electron chi connectivity index (χ0n) is 11.4. The molecule has 0 atom stereocenters. The first-order valence-electron chi connectivity index (χ1n) is 6.73. The van der Waals surface area contributed by atoms with Crippen LogP contribution in [0.25, 0.3) is 0 Å². The molecule has 1 aromatic carbocycles. The summed E-state index contributed by atoms with van der Waals surface area (Å²) in [6.07, 6.45) is 0.497. The van der Waals surface area contributed by atoms with Gasteiger partial charge >= 0.3 is 0 Å². The number of hydrogen-bond donors (Lipinski definition) is 0. The van der Waals surface area contributed by atoms with Crippen LogP contribution in [0.3, 0.4) is 0 Å². The van der Waals surface area contributed by atoms with Gasteiger partial charge in [-0.25, -0.2) is 8.42 Å². The van der Waals surface area contributed by atoms with E-state index in [1.165, 1.54) is 0 Å². The van der Waals surface area contributed by atoms with Gasteiger partial charge in [-0.2, -0.15) is 9.57 Å². The van der Waals surface area contributed by atoms with Gasteiger partial charge in [0.2, 0.25) is 10.0 Å². The van der Waals surface area contributed by atoms with Crippen molar-refractivity contribution < 1.29 is 8.42 Å². The van der Waals surface area contributed by atoms with E-state index in [0.717, 1.165) is 12.1 Å². The molecule has 108 valence electrons. The molecule has 0 radical (unpaired) electrons. The summed E-state index contributed by atoms with van der Waals surface area (Å²) in [5, 5.41) is 8.56. The highest BCUT2D eigenvalue weighted by molar-refractivity contribution is 7.88. The number of sulfonamides is 1. The largest absolute Gasteiger partial charge is 0.300 e. The van der Waals surface area contributed by atoms with E-state index in [4.69, 9.17) is 5.26 Å². The molecule has 1 aliphatic heterocycles. The molecule has 0 spiro atoms. The Labute approximate surface area is 120 Å². The summed E-state index contributed by atoms with van der Waals surface area (Å²) in [5.74, 6) is 0.0615. The number of benzene rings is 1. The minimum atomic E-state index is -3.24. The van der Waals surface area contributed by atoms with E-state index >= 15 is 0 Å². The fourth-order valence-corrected chi connectivity index (χ4v) is 3.83. The summed E-state index contributed by atoms with van der Waals surface area (Å²) in [6.45, 7) is 3.16. The maximum Gasteiger partial charge on any atom is 0.218 e. The maximum absolute atomic E-state index is 12.3. The third-order valence-corrected chi connectivity index (χ3v) is 5.31. The molecule has 1 aromatic rings. The number of rotatable bonds is 5. The van der Waals surface area contributed by atoms with Crippen molar-refractivity contribution in [3.8, 4) is 6.07 Å². The average molecular weight is 293 g/mol. The first kappa shape index (κ1) is 15.0. The summed E-state index contributed by atoms with van der Waals surface area (Å²) >= 11 is 0. The van der Waals surface area contributed by atoms with E-state index in [0.29, 0.717) is 32.6 Å². The Morgan fingerprint density at radius 1 is 1.10 bits per heavy atom. The zero-order valence-corrected chi connectivity index (χ0v) is 12.2. The first-order chi connectivity index (χ1) is 9.62. The third-order valence-electron chi connectivity index (χ3n) is 3.46. The highest BCUT2D eigenvalue weighted by atomic mass is 32.2. The van der Waals surface area contributed by atoms with E-state index in [1.807, 2.05) is 30.3 Å². The van der Waals surface area contributed by atoms with Crippen LogP contribution in [0.4, 0.5) is 0 Å². The van der Waals surface area contributed by atoms with Crippen molar-refractivity contribution in [1.82, 2.24) is 9.21 Å². The minimum Gasteiger partial charge on any atom is -0.300 e. The smallest absolute Gasteiger partial charge is 0.218 e. The molecular formula is C14H19N3O2S. The van der Waals surface area contributed by atoms with Gasteiger partial charge in [0.25, 0.3) is 0 Å². The molecule has 0 aromatic heterocycles. The van der Waals surface area contributed by atoms with Gasteiger partial charge in [0.1, 0.15) is 0 Å². The molecule has 20 heavy (non-hydrogen) atoms. The van der Waals surface area contributed by atoms with Crippen molar-refractivity contribution in [2.45, 2.75) is 12.2 Å². The molecule has 1 saturated heterocycles. The molecule has 1 heterocycles. The van der Waals surface area contributed by atoms with Crippen LogP contribution < -0.4 is 0 Å². The molecule has 0 N–H and O–H groups in total. The standard InChI is InChI=1S/C14H19N3O2S/c15-7-4-8-16-9-11-17(12-10-16)20(18,19)13-14-5-2-1-3-6-14/h1-3,5-6H,4,8-13H2. The van der Waals surface area contributed by atoms with E-state index in [9.17, 15) is 8.42 Å². The van der Waals surface area contributed by atoms with Crippen LogP contribution in [0.1, 0.15) is 12.0 Å². The van der Waals surface area contributed by atoms with Crippen molar-refractivity contribution in [3.63, 3.8) is 0 Å². The van der Waals surface area contributed by atoms with Gasteiger partial charge in [-0.15, -0.1) is 0 Å². The maximum atomic E-state index is 12.3. The lowest BCUT2D eigenvalue weighted by Crippen LogP contribution is -2.49. The van der Waals surface area contributed by atoms with Gasteiger partial charge in [-0.05, 0) is 5.56 Å². The SMILES string of the molecule is N#CCCN1CCN(S(=O)(=O)Cc2ccccc2)CC1. The number of nitriles is 1. The number of hydrogen-bond acceptors (Lipinski definition) is 4. The van der Waals surface area contributed by atoms with Crippen LogP contribution in [0.15, 0.2) is 30.3 Å². The summed E-state index contributed by atoms with van der Waals surface area (Å²) in [5.41, 5.74) is 0.819. The minimum absolute atomic E-state index is 0.0615. The summed E-state index contributed by atoms with van der Waals surface area (Å²) in [7, 11) is -3.24. The van der Waals surface area contributed by atoms with E-state index in [1.54, 1.807) is 4.31 Å². The lowest BCUT2D eigenvalue weighted by atomic mass is 10.2. The van der Waals surface area contributed by atoms with E-state index in [2.05, 4.69) is 11.0 Å². The molecule has 2 rings (SSSR count). The van der Waals surface area contributed by atoms with Crippen LogP contribution in [-0.2, 0) is 15.8 Å². The Kier molecular flexibility index (Phi) is 5.12. The highest BCUT2D eigenvalue weighted by Gasteiger charge is 2.26. The predicted octanol–water partition coefficient (Wildman–Crippen LogP) is 1.05. The molecular weight excluding hydrogens is 274 g/mol. The Bertz CT molecular complexity index is 558. The fraction of sp³-hybridized carbons (Fsp3) is 0.500. The van der Waals surface area contributed by atoms with Crippen molar-refractivity contribution in [2.24, 2.45) is 0 Å². The van der Waals surface area contributed by atoms with Gasteiger partial charge in [0, 0.05) is 39.1 Å². The average Bonchev–Trinajstić information content (AvgIpc) is 2.46. The Morgan fingerprint density at radius 2 is 1.75 bits per heavy atom. The van der Waals surface area contributed by atoms with Gasteiger partial charge in [0.05, 0.1) is 11.8 Å². The van der Waals surface area contributed by atoms with Crippen molar-refractivity contribution in [2.75, 3.05) is 32.7 Å². The summed E-state index contributed by atoms with van der Waals surface area (Å²) < 4.78 is 26.2. The quantitative estimate of drug-likeness (QED) is 0.814. The van der Waals surface area contributed by atoms with Crippen molar-refractivity contribution >= 4 is 10.0 Å². The summed E-state index contributed by atoms with van der Waals surface area (Å²) in [6, 6.07) is 11.4. The molecule has 0 aliphatic carbocycles. The number of piperazine rings is 1. The second-order valence-electron chi connectivity index (χ2n) is 4.89. The predicted molar refractivity (Wildman–Crippen MR) is 77.3 cm³/mol. The molecule has 0 amide bonds. The zero-order chi connectivity index (χ0) is 14.4. The second kappa shape index (κ2) is 6.84. The monoisotopic (exact) mass is 293 g/mol. The molecule has 6 heteroatoms. The van der Waals surface area contributed by atoms with E-state index in [-0.39, 0.29) is 5.75 Å². The van der Waals surface area contributed by atoms with Gasteiger partial charge in [-0.1, -0.05) is 30.3 Å². The number of nitrogens with zero attached hydrogens (tertiary/aromatic N) is 3. The van der Waals surface area contributed by atoms with Gasteiger partial charge < -0.3 is 0 Å². The molecule has 1 fully saturated rings. The highest BCUT2D eigenvalue weighted by Crippen LogP contribution is 2.13. The Morgan fingerprint density at radius 3 is 2.35 bits per heavy atom. The third kappa shape index (κ3) is 4.04. The van der Waals surface area contributed by atoms with Crippen molar-refractivity contribution in [3.05, 3.63) is 35.9 Å². The van der Waals surface area contributed by atoms with Crippen molar-refractivity contribution in [1.29, 1.82) is 5.26 Å². The molecule has 0 saturated carbocycles. The normalized spacial score (nSPS) is 17.8. The van der Waals surface area contributed by atoms with Crippen LogP contribution in [0, 0.1) is 11.3 Å². The molecule has 0 unspecified atom stereocenters. The van der Waals surface area contributed by atoms with Crippen LogP contribution >= 0.6 is 0 Å².